The van der Waals surface area contributed by atoms with Gasteiger partial charge in [0.25, 0.3) is 0 Å². The van der Waals surface area contributed by atoms with Crippen molar-refractivity contribution in [3.05, 3.63) is 29.3 Å². The predicted molar refractivity (Wildman–Crippen MR) is 88.8 cm³/mol. The quantitative estimate of drug-likeness (QED) is 0.921. The fraction of sp³-hybridized carbons (Fsp3) is 0.529. The van der Waals surface area contributed by atoms with Crippen molar-refractivity contribution in [3.63, 3.8) is 0 Å². The van der Waals surface area contributed by atoms with Gasteiger partial charge < -0.3 is 10.0 Å². The number of anilines is 1. The highest BCUT2D eigenvalue weighted by molar-refractivity contribution is 6.33. The molecular weight excluding hydrogens is 316 g/mol. The van der Waals surface area contributed by atoms with Crippen LogP contribution in [0.15, 0.2) is 24.3 Å². The minimum absolute atomic E-state index is 0.0816. The van der Waals surface area contributed by atoms with E-state index in [-0.39, 0.29) is 17.9 Å². The molecule has 0 saturated carbocycles. The second-order valence-electron chi connectivity index (χ2n) is 6.25. The average molecular weight is 337 g/mol. The van der Waals surface area contributed by atoms with Crippen molar-refractivity contribution in [2.24, 2.45) is 5.92 Å². The molecule has 2 heterocycles. The van der Waals surface area contributed by atoms with Crippen LogP contribution in [0.25, 0.3) is 0 Å². The first-order valence-corrected chi connectivity index (χ1v) is 8.48. The van der Waals surface area contributed by atoms with E-state index in [0.29, 0.717) is 37.5 Å². The molecule has 1 N–H and O–H groups in total. The van der Waals surface area contributed by atoms with Gasteiger partial charge in [-0.15, -0.1) is 0 Å². The van der Waals surface area contributed by atoms with Gasteiger partial charge in [-0.05, 0) is 50.9 Å². The Labute approximate surface area is 140 Å². The molecule has 2 saturated heterocycles. The molecule has 0 bridgehead atoms. The van der Waals surface area contributed by atoms with Gasteiger partial charge in [0.1, 0.15) is 0 Å². The van der Waals surface area contributed by atoms with Crippen molar-refractivity contribution < 1.29 is 14.7 Å². The van der Waals surface area contributed by atoms with Crippen molar-refractivity contribution in [2.75, 3.05) is 24.5 Å². The molecular formula is C17H21ClN2O3. The van der Waals surface area contributed by atoms with Crippen molar-refractivity contribution in [1.29, 1.82) is 0 Å². The maximum Gasteiger partial charge on any atom is 0.306 e. The number of hydrogen-bond donors (Lipinski definition) is 1. The molecule has 124 valence electrons. The van der Waals surface area contributed by atoms with E-state index in [1.54, 1.807) is 11.0 Å². The lowest BCUT2D eigenvalue weighted by atomic mass is 9.93. The number of rotatable bonds is 3. The number of piperidine rings is 2. The number of likely N-dealkylation sites (tertiary alicyclic amines) is 1. The molecule has 1 atom stereocenters. The van der Waals surface area contributed by atoms with E-state index in [1.165, 1.54) is 0 Å². The number of aliphatic carboxylic acids is 1. The van der Waals surface area contributed by atoms with Crippen LogP contribution in [0.3, 0.4) is 0 Å². The van der Waals surface area contributed by atoms with Crippen molar-refractivity contribution in [2.45, 2.75) is 31.7 Å². The number of benzene rings is 1. The van der Waals surface area contributed by atoms with Gasteiger partial charge in [-0.25, -0.2) is 0 Å². The third-order valence-electron chi connectivity index (χ3n) is 4.87. The fourth-order valence-corrected chi connectivity index (χ4v) is 3.80. The number of halogens is 1. The molecule has 2 fully saturated rings. The lowest BCUT2D eigenvalue weighted by Crippen LogP contribution is -2.54. The van der Waals surface area contributed by atoms with Crippen LogP contribution in [0, 0.1) is 5.92 Å². The van der Waals surface area contributed by atoms with Crippen molar-refractivity contribution in [1.82, 2.24) is 4.90 Å². The highest BCUT2D eigenvalue weighted by Crippen LogP contribution is 2.31. The molecule has 6 heteroatoms. The van der Waals surface area contributed by atoms with Gasteiger partial charge in [0, 0.05) is 6.54 Å². The lowest BCUT2D eigenvalue weighted by Gasteiger charge is -2.41. The summed E-state index contributed by atoms with van der Waals surface area (Å²) in [6, 6.07) is 7.26. The Morgan fingerprint density at radius 2 is 1.83 bits per heavy atom. The molecule has 3 rings (SSSR count). The number of carbonyl (C=O) groups excluding carboxylic acids is 1. The van der Waals surface area contributed by atoms with Gasteiger partial charge in [-0.1, -0.05) is 23.7 Å². The van der Waals surface area contributed by atoms with E-state index in [9.17, 15) is 9.59 Å². The van der Waals surface area contributed by atoms with Crippen LogP contribution in [-0.4, -0.2) is 47.6 Å². The van der Waals surface area contributed by atoms with Crippen LogP contribution in [0.1, 0.15) is 25.7 Å². The summed E-state index contributed by atoms with van der Waals surface area (Å²) in [5.74, 6) is -0.917. The molecule has 0 radical (unpaired) electrons. The first-order valence-electron chi connectivity index (χ1n) is 8.10. The molecule has 1 unspecified atom stereocenters. The van der Waals surface area contributed by atoms with Crippen molar-refractivity contribution >= 4 is 29.2 Å². The summed E-state index contributed by atoms with van der Waals surface area (Å²) in [7, 11) is 0. The van der Waals surface area contributed by atoms with Gasteiger partial charge >= 0.3 is 5.97 Å². The smallest absolute Gasteiger partial charge is 0.306 e. The number of hydrogen-bond acceptors (Lipinski definition) is 3. The van der Waals surface area contributed by atoms with E-state index in [0.717, 1.165) is 18.5 Å². The monoisotopic (exact) mass is 336 g/mol. The summed E-state index contributed by atoms with van der Waals surface area (Å²) in [6.07, 6.45) is 2.99. The predicted octanol–water partition coefficient (Wildman–Crippen LogP) is 2.63. The summed E-state index contributed by atoms with van der Waals surface area (Å²) in [5, 5.41) is 9.69. The van der Waals surface area contributed by atoms with Gasteiger partial charge in [-0.3, -0.25) is 14.5 Å². The van der Waals surface area contributed by atoms with Crippen molar-refractivity contribution in [3.8, 4) is 0 Å². The van der Waals surface area contributed by atoms with E-state index >= 15 is 0 Å². The number of carbonyl (C=O) groups is 2. The molecule has 1 aromatic rings. The van der Waals surface area contributed by atoms with Crippen LogP contribution in [0.2, 0.25) is 5.02 Å². The van der Waals surface area contributed by atoms with Crippen LogP contribution in [0.4, 0.5) is 5.69 Å². The molecule has 0 spiro atoms. The summed E-state index contributed by atoms with van der Waals surface area (Å²) >= 11 is 6.24. The van der Waals surface area contributed by atoms with Gasteiger partial charge in [0.05, 0.1) is 22.7 Å². The highest BCUT2D eigenvalue weighted by atomic mass is 35.5. The summed E-state index contributed by atoms with van der Waals surface area (Å²) in [5.41, 5.74) is 0.768. The van der Waals surface area contributed by atoms with Crippen LogP contribution in [0.5, 0.6) is 0 Å². The Morgan fingerprint density at radius 1 is 1.13 bits per heavy atom. The van der Waals surface area contributed by atoms with Gasteiger partial charge in [0.15, 0.2) is 0 Å². The molecule has 5 nitrogen and oxygen atoms in total. The largest absolute Gasteiger partial charge is 0.481 e. The summed E-state index contributed by atoms with van der Waals surface area (Å²) in [6.45, 7) is 2.03. The maximum atomic E-state index is 12.9. The Balaban J connectivity index is 1.71. The highest BCUT2D eigenvalue weighted by Gasteiger charge is 2.37. The number of carboxylic acid groups (broad SMARTS) is 1. The number of para-hydroxylation sites is 1. The topological polar surface area (TPSA) is 60.9 Å². The van der Waals surface area contributed by atoms with Crippen LogP contribution in [-0.2, 0) is 9.59 Å². The SMILES string of the molecule is O=C(O)C1CCN(C2CCCN(c3ccccc3Cl)C2=O)CC1. The number of nitrogens with zero attached hydrogens (tertiary/aromatic N) is 2. The van der Waals surface area contributed by atoms with E-state index in [4.69, 9.17) is 16.7 Å². The average Bonchev–Trinajstić information content (AvgIpc) is 2.56. The van der Waals surface area contributed by atoms with Gasteiger partial charge in [0.2, 0.25) is 5.91 Å². The van der Waals surface area contributed by atoms with E-state index < -0.39 is 5.97 Å². The summed E-state index contributed by atoms with van der Waals surface area (Å²) < 4.78 is 0. The maximum absolute atomic E-state index is 12.9. The minimum Gasteiger partial charge on any atom is -0.481 e. The molecule has 0 aliphatic carbocycles. The molecule has 1 amide bonds. The molecule has 1 aromatic carbocycles. The molecule has 2 aliphatic heterocycles. The fourth-order valence-electron chi connectivity index (χ4n) is 3.56. The molecule has 23 heavy (non-hydrogen) atoms. The standard InChI is InChI=1S/C17H21ClN2O3/c18-13-4-1-2-5-14(13)20-9-3-6-15(16(20)21)19-10-7-12(8-11-19)17(22)23/h1-2,4-5,12,15H,3,6-11H2,(H,22,23). The van der Waals surface area contributed by atoms with E-state index in [2.05, 4.69) is 4.90 Å². The molecule has 0 aromatic heterocycles. The minimum atomic E-state index is -0.725. The second kappa shape index (κ2) is 6.89. The molecule has 2 aliphatic rings. The zero-order valence-electron chi connectivity index (χ0n) is 12.9. The Kier molecular flexibility index (Phi) is 4.87. The zero-order valence-corrected chi connectivity index (χ0v) is 13.7. The van der Waals surface area contributed by atoms with E-state index in [1.807, 2.05) is 18.2 Å². The number of amides is 1. The summed E-state index contributed by atoms with van der Waals surface area (Å²) in [4.78, 5) is 27.9. The zero-order chi connectivity index (χ0) is 16.4. The first kappa shape index (κ1) is 16.3. The third-order valence-corrected chi connectivity index (χ3v) is 5.19. The number of carboxylic acids is 1. The third kappa shape index (κ3) is 3.35. The van der Waals surface area contributed by atoms with Crippen LogP contribution < -0.4 is 4.90 Å². The van der Waals surface area contributed by atoms with Gasteiger partial charge in [-0.2, -0.15) is 0 Å². The Morgan fingerprint density at radius 3 is 2.48 bits per heavy atom. The normalized spacial score (nSPS) is 24.0. The Hall–Kier alpha value is -1.59. The Bertz CT molecular complexity index is 599. The second-order valence-corrected chi connectivity index (χ2v) is 6.65. The lowest BCUT2D eigenvalue weighted by molar-refractivity contribution is -0.143. The van der Waals surface area contributed by atoms with Crippen LogP contribution >= 0.6 is 11.6 Å². The first-order chi connectivity index (χ1) is 11.1.